The standard InChI is InChI=1S/C12H12N2/c1-3-5-6-8-11(4-2)12-13-9-7-10-14-12/h3-10H,1-2H2/b6-5-,11-8+. The summed E-state index contributed by atoms with van der Waals surface area (Å²) in [6.45, 7) is 7.29. The minimum absolute atomic E-state index is 0.677. The molecule has 0 saturated carbocycles. The van der Waals surface area contributed by atoms with Crippen LogP contribution in [0.4, 0.5) is 0 Å². The number of aromatic nitrogens is 2. The Balaban J connectivity index is 2.93. The molecule has 0 aliphatic carbocycles. The molecule has 0 radical (unpaired) electrons. The molecular weight excluding hydrogens is 172 g/mol. The van der Waals surface area contributed by atoms with Crippen molar-refractivity contribution in [2.24, 2.45) is 0 Å². The summed E-state index contributed by atoms with van der Waals surface area (Å²) in [6, 6.07) is 1.78. The van der Waals surface area contributed by atoms with Gasteiger partial charge in [-0.15, -0.1) is 0 Å². The lowest BCUT2D eigenvalue weighted by Gasteiger charge is -1.96. The van der Waals surface area contributed by atoms with Crippen molar-refractivity contribution in [2.75, 3.05) is 0 Å². The van der Waals surface area contributed by atoms with Gasteiger partial charge in [-0.3, -0.25) is 0 Å². The van der Waals surface area contributed by atoms with Crippen LogP contribution in [0, 0.1) is 0 Å². The number of allylic oxidation sites excluding steroid dienone is 6. The molecule has 0 saturated heterocycles. The van der Waals surface area contributed by atoms with Crippen LogP contribution in [0.1, 0.15) is 5.82 Å². The monoisotopic (exact) mass is 184 g/mol. The van der Waals surface area contributed by atoms with Crippen LogP contribution in [0.15, 0.2) is 62.0 Å². The Morgan fingerprint density at radius 2 is 1.86 bits per heavy atom. The van der Waals surface area contributed by atoms with Gasteiger partial charge in [0, 0.05) is 18.0 Å². The Bertz CT molecular complexity index is 361. The normalized spacial score (nSPS) is 11.6. The van der Waals surface area contributed by atoms with Gasteiger partial charge in [-0.1, -0.05) is 43.5 Å². The second-order valence-electron chi connectivity index (χ2n) is 2.52. The van der Waals surface area contributed by atoms with E-state index in [9.17, 15) is 0 Å². The van der Waals surface area contributed by atoms with Crippen molar-refractivity contribution in [3.05, 3.63) is 67.8 Å². The molecule has 1 aromatic rings. The lowest BCUT2D eigenvalue weighted by atomic mass is 10.2. The first-order valence-electron chi connectivity index (χ1n) is 4.27. The minimum atomic E-state index is 0.677. The summed E-state index contributed by atoms with van der Waals surface area (Å²) in [5.74, 6) is 0.677. The summed E-state index contributed by atoms with van der Waals surface area (Å²) < 4.78 is 0. The van der Waals surface area contributed by atoms with Gasteiger partial charge in [-0.2, -0.15) is 0 Å². The van der Waals surface area contributed by atoms with Crippen molar-refractivity contribution < 1.29 is 0 Å². The van der Waals surface area contributed by atoms with E-state index in [0.717, 1.165) is 5.57 Å². The molecule has 0 bridgehead atoms. The van der Waals surface area contributed by atoms with E-state index in [1.807, 2.05) is 18.2 Å². The highest BCUT2D eigenvalue weighted by Crippen LogP contribution is 2.08. The second-order valence-corrected chi connectivity index (χ2v) is 2.52. The van der Waals surface area contributed by atoms with Crippen molar-refractivity contribution >= 4 is 5.57 Å². The molecule has 0 spiro atoms. The third-order valence-electron chi connectivity index (χ3n) is 1.57. The fraction of sp³-hybridized carbons (Fsp3) is 0. The van der Waals surface area contributed by atoms with Crippen LogP contribution in [0.2, 0.25) is 0 Å². The zero-order valence-electron chi connectivity index (χ0n) is 7.93. The molecule has 1 aromatic heterocycles. The Hall–Kier alpha value is -1.96. The van der Waals surface area contributed by atoms with E-state index in [0.29, 0.717) is 5.82 Å². The Labute approximate surface area is 84.0 Å². The van der Waals surface area contributed by atoms with Crippen molar-refractivity contribution in [1.82, 2.24) is 9.97 Å². The maximum Gasteiger partial charge on any atom is 0.159 e. The molecule has 1 rings (SSSR count). The molecule has 0 unspecified atom stereocenters. The van der Waals surface area contributed by atoms with Gasteiger partial charge < -0.3 is 0 Å². The van der Waals surface area contributed by atoms with Gasteiger partial charge in [0.25, 0.3) is 0 Å². The van der Waals surface area contributed by atoms with Crippen molar-refractivity contribution in [2.45, 2.75) is 0 Å². The van der Waals surface area contributed by atoms with Gasteiger partial charge >= 0.3 is 0 Å². The summed E-state index contributed by atoms with van der Waals surface area (Å²) in [5.41, 5.74) is 0.892. The molecule has 0 atom stereocenters. The van der Waals surface area contributed by atoms with Crippen LogP contribution in [0.25, 0.3) is 5.57 Å². The van der Waals surface area contributed by atoms with Crippen LogP contribution in [-0.2, 0) is 0 Å². The smallest absolute Gasteiger partial charge is 0.159 e. The molecule has 0 aromatic carbocycles. The van der Waals surface area contributed by atoms with Crippen molar-refractivity contribution in [3.63, 3.8) is 0 Å². The summed E-state index contributed by atoms with van der Waals surface area (Å²) in [5, 5.41) is 0. The molecule has 70 valence electrons. The Morgan fingerprint density at radius 1 is 1.14 bits per heavy atom. The largest absolute Gasteiger partial charge is 0.237 e. The third-order valence-corrected chi connectivity index (χ3v) is 1.57. The fourth-order valence-corrected chi connectivity index (χ4v) is 0.920. The first-order valence-corrected chi connectivity index (χ1v) is 4.27. The molecule has 0 N–H and O–H groups in total. The SMILES string of the molecule is C=C/C=C\C=C(/C=C)c1ncccn1. The first-order chi connectivity index (χ1) is 6.88. The maximum atomic E-state index is 4.12. The van der Waals surface area contributed by atoms with Crippen LogP contribution < -0.4 is 0 Å². The number of rotatable bonds is 4. The van der Waals surface area contributed by atoms with E-state index in [4.69, 9.17) is 0 Å². The lowest BCUT2D eigenvalue weighted by molar-refractivity contribution is 1.12. The zero-order valence-corrected chi connectivity index (χ0v) is 7.93. The van der Waals surface area contributed by atoms with E-state index in [1.54, 1.807) is 30.6 Å². The van der Waals surface area contributed by atoms with Crippen LogP contribution >= 0.6 is 0 Å². The van der Waals surface area contributed by atoms with E-state index in [1.165, 1.54) is 0 Å². The van der Waals surface area contributed by atoms with Crippen LogP contribution in [0.3, 0.4) is 0 Å². The van der Waals surface area contributed by atoms with Crippen molar-refractivity contribution in [1.29, 1.82) is 0 Å². The van der Waals surface area contributed by atoms with E-state index >= 15 is 0 Å². The third kappa shape index (κ3) is 2.83. The predicted molar refractivity (Wildman–Crippen MR) is 59.5 cm³/mol. The molecule has 2 nitrogen and oxygen atoms in total. The zero-order chi connectivity index (χ0) is 10.2. The summed E-state index contributed by atoms with van der Waals surface area (Å²) >= 11 is 0. The molecule has 2 heteroatoms. The van der Waals surface area contributed by atoms with Gasteiger partial charge in [0.05, 0.1) is 0 Å². The van der Waals surface area contributed by atoms with Gasteiger partial charge in [0.1, 0.15) is 0 Å². The number of hydrogen-bond donors (Lipinski definition) is 0. The minimum Gasteiger partial charge on any atom is -0.237 e. The molecule has 0 aliphatic heterocycles. The molecule has 1 heterocycles. The molecule has 0 fully saturated rings. The first kappa shape index (κ1) is 10.1. The number of hydrogen-bond acceptors (Lipinski definition) is 2. The highest BCUT2D eigenvalue weighted by Gasteiger charge is 1.96. The summed E-state index contributed by atoms with van der Waals surface area (Å²) in [7, 11) is 0. The fourth-order valence-electron chi connectivity index (χ4n) is 0.920. The maximum absolute atomic E-state index is 4.12. The van der Waals surface area contributed by atoms with Crippen LogP contribution in [0.5, 0.6) is 0 Å². The van der Waals surface area contributed by atoms with E-state index in [2.05, 4.69) is 23.1 Å². The van der Waals surface area contributed by atoms with E-state index < -0.39 is 0 Å². The van der Waals surface area contributed by atoms with Gasteiger partial charge in [-0.25, -0.2) is 9.97 Å². The summed E-state index contributed by atoms with van der Waals surface area (Å²) in [4.78, 5) is 8.24. The molecular formula is C12H12N2. The molecule has 0 amide bonds. The van der Waals surface area contributed by atoms with Crippen molar-refractivity contribution in [3.8, 4) is 0 Å². The Morgan fingerprint density at radius 3 is 2.43 bits per heavy atom. The average molecular weight is 184 g/mol. The highest BCUT2D eigenvalue weighted by molar-refractivity contribution is 5.70. The molecule has 14 heavy (non-hydrogen) atoms. The average Bonchev–Trinajstić information content (AvgIpc) is 2.26. The predicted octanol–water partition coefficient (Wildman–Crippen LogP) is 2.79. The highest BCUT2D eigenvalue weighted by atomic mass is 14.8. The number of nitrogens with zero attached hydrogens (tertiary/aromatic N) is 2. The lowest BCUT2D eigenvalue weighted by Crippen LogP contribution is -1.89. The quantitative estimate of drug-likeness (QED) is 0.672. The van der Waals surface area contributed by atoms with Gasteiger partial charge in [-0.05, 0) is 6.07 Å². The van der Waals surface area contributed by atoms with E-state index in [-0.39, 0.29) is 0 Å². The van der Waals surface area contributed by atoms with Gasteiger partial charge in [0.15, 0.2) is 5.82 Å². The van der Waals surface area contributed by atoms with Crippen LogP contribution in [-0.4, -0.2) is 9.97 Å². The molecule has 0 aliphatic rings. The summed E-state index contributed by atoms with van der Waals surface area (Å²) in [6.07, 6.45) is 12.5. The second kappa shape index (κ2) is 5.65. The van der Waals surface area contributed by atoms with Gasteiger partial charge in [0.2, 0.25) is 0 Å². The Kier molecular flexibility index (Phi) is 4.08. The topological polar surface area (TPSA) is 25.8 Å².